The van der Waals surface area contributed by atoms with E-state index in [0.717, 1.165) is 18.9 Å². The lowest BCUT2D eigenvalue weighted by atomic mass is 10.2. The molecule has 0 bridgehead atoms. The summed E-state index contributed by atoms with van der Waals surface area (Å²) in [5.41, 5.74) is 0.511. The highest BCUT2D eigenvalue weighted by Gasteiger charge is 2.15. The van der Waals surface area contributed by atoms with Gasteiger partial charge < -0.3 is 24.4 Å². The van der Waals surface area contributed by atoms with Gasteiger partial charge in [-0.3, -0.25) is 4.79 Å². The molecule has 8 nitrogen and oxygen atoms in total. The second-order valence-corrected chi connectivity index (χ2v) is 6.24. The number of amides is 1. The van der Waals surface area contributed by atoms with Crippen molar-refractivity contribution in [3.05, 3.63) is 41.7 Å². The highest BCUT2D eigenvalue weighted by atomic mass is 16.5. The van der Waals surface area contributed by atoms with Crippen LogP contribution in [0.15, 0.2) is 30.3 Å². The molecule has 28 heavy (non-hydrogen) atoms. The number of aryl methyl sites for hydroxylation is 1. The van der Waals surface area contributed by atoms with Crippen molar-refractivity contribution in [3.8, 4) is 11.6 Å². The number of hydrogen-bond acceptors (Lipinski definition) is 7. The summed E-state index contributed by atoms with van der Waals surface area (Å²) in [6, 6.07) is 9.00. The van der Waals surface area contributed by atoms with E-state index in [1.807, 2.05) is 32.0 Å². The Hall–Kier alpha value is -2.87. The second-order valence-electron chi connectivity index (χ2n) is 6.24. The predicted octanol–water partition coefficient (Wildman–Crippen LogP) is 1.83. The number of carbonyl (C=O) groups is 1. The number of ether oxygens (including phenoxy) is 3. The van der Waals surface area contributed by atoms with E-state index in [1.54, 1.807) is 12.1 Å². The number of nitrogens with zero attached hydrogens (tertiary/aromatic N) is 3. The van der Waals surface area contributed by atoms with Gasteiger partial charge >= 0.3 is 0 Å². The molecule has 3 rings (SSSR count). The van der Waals surface area contributed by atoms with Crippen LogP contribution in [0.3, 0.4) is 0 Å². The van der Waals surface area contributed by atoms with Crippen LogP contribution in [0, 0.1) is 6.92 Å². The van der Waals surface area contributed by atoms with E-state index in [9.17, 15) is 4.79 Å². The van der Waals surface area contributed by atoms with Gasteiger partial charge in [-0.15, -0.1) is 0 Å². The van der Waals surface area contributed by atoms with Crippen LogP contribution in [0.2, 0.25) is 0 Å². The Bertz CT molecular complexity index is 794. The molecule has 2 aromatic rings. The van der Waals surface area contributed by atoms with E-state index in [1.165, 1.54) is 0 Å². The zero-order valence-electron chi connectivity index (χ0n) is 16.3. The third-order valence-electron chi connectivity index (χ3n) is 4.21. The molecule has 150 valence electrons. The van der Waals surface area contributed by atoms with Crippen LogP contribution in [0.25, 0.3) is 0 Å². The maximum atomic E-state index is 12.4. The highest BCUT2D eigenvalue weighted by molar-refractivity contribution is 5.96. The predicted molar refractivity (Wildman–Crippen MR) is 105 cm³/mol. The van der Waals surface area contributed by atoms with Gasteiger partial charge in [0.1, 0.15) is 24.0 Å². The van der Waals surface area contributed by atoms with E-state index >= 15 is 0 Å². The number of anilines is 1. The topological polar surface area (TPSA) is 85.8 Å². The van der Waals surface area contributed by atoms with Gasteiger partial charge in [0.15, 0.2) is 0 Å². The van der Waals surface area contributed by atoms with Crippen molar-refractivity contribution in [1.82, 2.24) is 15.3 Å². The minimum absolute atomic E-state index is 0.194. The van der Waals surface area contributed by atoms with Crippen molar-refractivity contribution in [2.24, 2.45) is 0 Å². The molecule has 1 amide bonds. The zero-order chi connectivity index (χ0) is 19.8. The Labute approximate surface area is 164 Å². The van der Waals surface area contributed by atoms with Crippen molar-refractivity contribution in [1.29, 1.82) is 0 Å². The molecule has 1 aliphatic rings. The lowest BCUT2D eigenvalue weighted by Gasteiger charge is -2.28. The van der Waals surface area contributed by atoms with Crippen molar-refractivity contribution in [3.63, 3.8) is 0 Å². The molecule has 1 aliphatic heterocycles. The van der Waals surface area contributed by atoms with Crippen molar-refractivity contribution in [2.45, 2.75) is 13.8 Å². The van der Waals surface area contributed by atoms with E-state index < -0.39 is 0 Å². The molecule has 1 saturated heterocycles. The van der Waals surface area contributed by atoms with Crippen LogP contribution in [0.1, 0.15) is 23.1 Å². The van der Waals surface area contributed by atoms with Crippen LogP contribution < -0.4 is 19.7 Å². The average molecular weight is 386 g/mol. The SMILES string of the molecule is CCOc1ccccc1C(=O)NCCOc1cc(N2CCOCC2)nc(C)n1. The van der Waals surface area contributed by atoms with Crippen LogP contribution in [-0.2, 0) is 4.74 Å². The van der Waals surface area contributed by atoms with Gasteiger partial charge in [-0.1, -0.05) is 12.1 Å². The number of para-hydroxylation sites is 1. The van der Waals surface area contributed by atoms with Crippen LogP contribution in [-0.4, -0.2) is 61.9 Å². The Morgan fingerprint density at radius 2 is 2.00 bits per heavy atom. The van der Waals surface area contributed by atoms with Gasteiger partial charge in [-0.05, 0) is 26.0 Å². The van der Waals surface area contributed by atoms with Gasteiger partial charge in [-0.25, -0.2) is 4.98 Å². The average Bonchev–Trinajstić information content (AvgIpc) is 2.72. The molecule has 0 radical (unpaired) electrons. The van der Waals surface area contributed by atoms with Gasteiger partial charge in [0.2, 0.25) is 5.88 Å². The van der Waals surface area contributed by atoms with Gasteiger partial charge in [0.25, 0.3) is 5.91 Å². The molecule has 0 aliphatic carbocycles. The molecular formula is C20H26N4O4. The van der Waals surface area contributed by atoms with Crippen molar-refractivity contribution in [2.75, 3.05) is 51.0 Å². The first kappa shape index (κ1) is 19.9. The Kier molecular flexibility index (Phi) is 7.02. The summed E-state index contributed by atoms with van der Waals surface area (Å²) >= 11 is 0. The minimum atomic E-state index is -0.194. The molecular weight excluding hydrogens is 360 g/mol. The van der Waals surface area contributed by atoms with E-state index in [4.69, 9.17) is 14.2 Å². The molecule has 0 atom stereocenters. The molecule has 1 N–H and O–H groups in total. The standard InChI is InChI=1S/C20H26N4O4/c1-3-27-17-7-5-4-6-16(17)20(25)21-8-11-28-19-14-18(22-15(2)23-19)24-9-12-26-13-10-24/h4-7,14H,3,8-13H2,1-2H3,(H,21,25). The van der Waals surface area contributed by atoms with Crippen LogP contribution in [0.4, 0.5) is 5.82 Å². The number of morpholine rings is 1. The largest absolute Gasteiger partial charge is 0.493 e. The third kappa shape index (κ3) is 5.32. The van der Waals surface area contributed by atoms with Gasteiger partial charge in [0, 0.05) is 19.2 Å². The normalized spacial score (nSPS) is 13.9. The fourth-order valence-corrected chi connectivity index (χ4v) is 2.90. The fourth-order valence-electron chi connectivity index (χ4n) is 2.90. The summed E-state index contributed by atoms with van der Waals surface area (Å²) in [4.78, 5) is 23.3. The summed E-state index contributed by atoms with van der Waals surface area (Å²) in [6.07, 6.45) is 0. The number of nitrogens with one attached hydrogen (secondary N) is 1. The van der Waals surface area contributed by atoms with Gasteiger partial charge in [-0.2, -0.15) is 4.98 Å². The maximum absolute atomic E-state index is 12.4. The Morgan fingerprint density at radius 1 is 1.21 bits per heavy atom. The summed E-state index contributed by atoms with van der Waals surface area (Å²) in [5, 5.41) is 2.85. The van der Waals surface area contributed by atoms with Crippen LogP contribution in [0.5, 0.6) is 11.6 Å². The highest BCUT2D eigenvalue weighted by Crippen LogP contribution is 2.19. The Balaban J connectivity index is 1.52. The lowest BCUT2D eigenvalue weighted by Crippen LogP contribution is -2.37. The van der Waals surface area contributed by atoms with Crippen molar-refractivity contribution >= 4 is 11.7 Å². The summed E-state index contributed by atoms with van der Waals surface area (Å²) in [6.45, 7) is 7.86. The Morgan fingerprint density at radius 3 is 2.79 bits per heavy atom. The molecule has 1 aromatic heterocycles. The first-order valence-corrected chi connectivity index (χ1v) is 9.48. The maximum Gasteiger partial charge on any atom is 0.255 e. The number of rotatable bonds is 8. The molecule has 1 fully saturated rings. The molecule has 8 heteroatoms. The lowest BCUT2D eigenvalue weighted by molar-refractivity contribution is 0.0942. The second kappa shape index (κ2) is 9.89. The number of aromatic nitrogens is 2. The molecule has 2 heterocycles. The smallest absolute Gasteiger partial charge is 0.255 e. The van der Waals surface area contributed by atoms with E-state index in [2.05, 4.69) is 20.2 Å². The number of hydrogen-bond donors (Lipinski definition) is 1. The minimum Gasteiger partial charge on any atom is -0.493 e. The summed E-state index contributed by atoms with van der Waals surface area (Å²) in [5.74, 6) is 2.36. The molecule has 1 aromatic carbocycles. The van der Waals surface area contributed by atoms with Crippen LogP contribution >= 0.6 is 0 Å². The monoisotopic (exact) mass is 386 g/mol. The molecule has 0 unspecified atom stereocenters. The van der Waals surface area contributed by atoms with Crippen molar-refractivity contribution < 1.29 is 19.0 Å². The quantitative estimate of drug-likeness (QED) is 0.693. The first-order valence-electron chi connectivity index (χ1n) is 9.48. The summed E-state index contributed by atoms with van der Waals surface area (Å²) in [7, 11) is 0. The third-order valence-corrected chi connectivity index (χ3v) is 4.21. The number of carbonyl (C=O) groups excluding carboxylic acids is 1. The number of benzene rings is 1. The van der Waals surface area contributed by atoms with Gasteiger partial charge in [0.05, 0.1) is 31.9 Å². The van der Waals surface area contributed by atoms with E-state index in [0.29, 0.717) is 56.0 Å². The van der Waals surface area contributed by atoms with E-state index in [-0.39, 0.29) is 5.91 Å². The summed E-state index contributed by atoms with van der Waals surface area (Å²) < 4.78 is 16.6. The molecule has 0 saturated carbocycles. The molecule has 0 spiro atoms. The first-order chi connectivity index (χ1) is 13.7. The fraction of sp³-hybridized carbons (Fsp3) is 0.450. The zero-order valence-corrected chi connectivity index (χ0v) is 16.3.